The zero-order chi connectivity index (χ0) is 14.5. The van der Waals surface area contributed by atoms with Crippen LogP contribution in [0.15, 0.2) is 0 Å². The smallest absolute Gasteiger partial charge is 0.241 e. The van der Waals surface area contributed by atoms with Crippen LogP contribution in [0.5, 0.6) is 0 Å². The molecule has 2 saturated heterocycles. The quantitative estimate of drug-likeness (QED) is 0.798. The molecule has 20 heavy (non-hydrogen) atoms. The third-order valence-electron chi connectivity index (χ3n) is 5.89. The molecule has 0 aromatic carbocycles. The Morgan fingerprint density at radius 3 is 2.65 bits per heavy atom. The number of fused-ring (bicyclic) bond motifs is 1. The lowest BCUT2D eigenvalue weighted by molar-refractivity contribution is -0.175. The molecule has 3 N–H and O–H groups in total. The van der Waals surface area contributed by atoms with Gasteiger partial charge in [0.05, 0.1) is 12.2 Å². The van der Waals surface area contributed by atoms with Crippen LogP contribution >= 0.6 is 0 Å². The molecule has 3 aliphatic rings. The van der Waals surface area contributed by atoms with E-state index in [-0.39, 0.29) is 29.4 Å². The van der Waals surface area contributed by atoms with E-state index < -0.39 is 5.54 Å². The minimum Gasteiger partial charge on any atom is -0.378 e. The fourth-order valence-electron chi connectivity index (χ4n) is 4.26. The van der Waals surface area contributed by atoms with Crippen LogP contribution in [-0.2, 0) is 14.3 Å². The lowest BCUT2D eigenvalue weighted by Crippen LogP contribution is -2.80. The van der Waals surface area contributed by atoms with Crippen molar-refractivity contribution in [3.63, 3.8) is 0 Å². The van der Waals surface area contributed by atoms with Crippen molar-refractivity contribution in [2.24, 2.45) is 23.0 Å². The Bertz CT molecular complexity index is 412. The van der Waals surface area contributed by atoms with Crippen LogP contribution in [0.3, 0.4) is 0 Å². The van der Waals surface area contributed by atoms with Gasteiger partial charge in [-0.15, -0.1) is 0 Å². The summed E-state index contributed by atoms with van der Waals surface area (Å²) in [7, 11) is 0. The predicted octanol–water partition coefficient (Wildman–Crippen LogP) is 0.670. The minimum absolute atomic E-state index is 0.0200. The van der Waals surface area contributed by atoms with Crippen LogP contribution in [0.25, 0.3) is 0 Å². The summed E-state index contributed by atoms with van der Waals surface area (Å²) in [5.74, 6) is 0.546. The SMILES string of the molecule is CC1OCCC1CNC(=O)C1(N)C2CCOC2C1(C)C. The maximum atomic E-state index is 12.6. The summed E-state index contributed by atoms with van der Waals surface area (Å²) in [5.41, 5.74) is 5.42. The van der Waals surface area contributed by atoms with E-state index in [1.165, 1.54) is 0 Å². The molecule has 2 aliphatic heterocycles. The van der Waals surface area contributed by atoms with Gasteiger partial charge in [-0.2, -0.15) is 0 Å². The Kier molecular flexibility index (Phi) is 3.35. The van der Waals surface area contributed by atoms with Crippen molar-refractivity contribution in [1.29, 1.82) is 0 Å². The van der Waals surface area contributed by atoms with Gasteiger partial charge in [0.2, 0.25) is 5.91 Å². The molecule has 0 radical (unpaired) electrons. The lowest BCUT2D eigenvalue weighted by atomic mass is 9.48. The normalized spacial score (nSPS) is 45.8. The first-order valence-electron chi connectivity index (χ1n) is 7.69. The fourth-order valence-corrected chi connectivity index (χ4v) is 4.26. The Hall–Kier alpha value is -0.650. The number of hydrogen-bond donors (Lipinski definition) is 2. The first-order chi connectivity index (χ1) is 9.39. The van der Waals surface area contributed by atoms with Gasteiger partial charge in [-0.25, -0.2) is 0 Å². The summed E-state index contributed by atoms with van der Waals surface area (Å²) in [6, 6.07) is 0. The van der Waals surface area contributed by atoms with Crippen LogP contribution in [0.1, 0.15) is 33.6 Å². The summed E-state index contributed by atoms with van der Waals surface area (Å²) in [4.78, 5) is 12.6. The first kappa shape index (κ1) is 14.3. The van der Waals surface area contributed by atoms with Gasteiger partial charge in [0.1, 0.15) is 5.54 Å². The van der Waals surface area contributed by atoms with E-state index in [9.17, 15) is 4.79 Å². The van der Waals surface area contributed by atoms with Crippen molar-refractivity contribution in [3.8, 4) is 0 Å². The molecule has 3 fully saturated rings. The van der Waals surface area contributed by atoms with E-state index in [4.69, 9.17) is 15.2 Å². The summed E-state index contributed by atoms with van der Waals surface area (Å²) in [5, 5.41) is 3.07. The topological polar surface area (TPSA) is 73.6 Å². The highest BCUT2D eigenvalue weighted by molar-refractivity contribution is 5.89. The van der Waals surface area contributed by atoms with Gasteiger partial charge in [0, 0.05) is 37.0 Å². The second-order valence-corrected chi connectivity index (χ2v) is 7.11. The molecule has 1 amide bonds. The average Bonchev–Trinajstić information content (AvgIpc) is 3.03. The molecule has 5 heteroatoms. The standard InChI is InChI=1S/C15H26N2O3/c1-9-10(4-6-19-9)8-17-13(18)15(16)11-5-7-20-12(11)14(15,2)3/h9-12H,4-8,16H2,1-3H3,(H,17,18). The molecule has 3 rings (SSSR count). The van der Waals surface area contributed by atoms with Crippen LogP contribution in [0.4, 0.5) is 0 Å². The summed E-state index contributed by atoms with van der Waals surface area (Å²) in [6.45, 7) is 8.32. The van der Waals surface area contributed by atoms with Crippen LogP contribution in [-0.4, -0.2) is 43.4 Å². The van der Waals surface area contributed by atoms with E-state index in [2.05, 4.69) is 12.2 Å². The number of rotatable bonds is 3. The summed E-state index contributed by atoms with van der Waals surface area (Å²) >= 11 is 0. The monoisotopic (exact) mass is 282 g/mol. The molecule has 5 atom stereocenters. The maximum Gasteiger partial charge on any atom is 0.241 e. The highest BCUT2D eigenvalue weighted by Gasteiger charge is 2.71. The Balaban J connectivity index is 1.64. The van der Waals surface area contributed by atoms with Crippen molar-refractivity contribution in [1.82, 2.24) is 5.32 Å². The molecule has 114 valence electrons. The number of carbonyl (C=O) groups excluding carboxylic acids is 1. The van der Waals surface area contributed by atoms with Crippen LogP contribution in [0.2, 0.25) is 0 Å². The third kappa shape index (κ3) is 1.76. The largest absolute Gasteiger partial charge is 0.378 e. The number of nitrogens with two attached hydrogens (primary N) is 1. The number of carbonyl (C=O) groups is 1. The van der Waals surface area contributed by atoms with E-state index in [1.807, 2.05) is 13.8 Å². The van der Waals surface area contributed by atoms with Gasteiger partial charge < -0.3 is 20.5 Å². The zero-order valence-corrected chi connectivity index (χ0v) is 12.6. The molecule has 0 spiro atoms. The predicted molar refractivity (Wildman–Crippen MR) is 75.1 cm³/mol. The Morgan fingerprint density at radius 1 is 1.30 bits per heavy atom. The van der Waals surface area contributed by atoms with Gasteiger partial charge in [-0.3, -0.25) is 4.79 Å². The minimum atomic E-state index is -0.795. The molecule has 1 saturated carbocycles. The first-order valence-corrected chi connectivity index (χ1v) is 7.69. The molecule has 0 aromatic heterocycles. The summed E-state index contributed by atoms with van der Waals surface area (Å²) in [6.07, 6.45) is 2.26. The van der Waals surface area contributed by atoms with Gasteiger partial charge in [-0.05, 0) is 19.8 Å². The van der Waals surface area contributed by atoms with Gasteiger partial charge >= 0.3 is 0 Å². The van der Waals surface area contributed by atoms with E-state index in [0.29, 0.717) is 12.5 Å². The van der Waals surface area contributed by atoms with Crippen LogP contribution in [0, 0.1) is 17.3 Å². The summed E-state index contributed by atoms with van der Waals surface area (Å²) < 4.78 is 11.3. The Labute approximate surface area is 120 Å². The molecule has 2 heterocycles. The second kappa shape index (κ2) is 4.68. The van der Waals surface area contributed by atoms with Gasteiger partial charge in [0.15, 0.2) is 0 Å². The average molecular weight is 282 g/mol. The van der Waals surface area contributed by atoms with Crippen LogP contribution < -0.4 is 11.1 Å². The maximum absolute atomic E-state index is 12.6. The number of ether oxygens (including phenoxy) is 2. The molecule has 1 aliphatic carbocycles. The molecule has 5 unspecified atom stereocenters. The van der Waals surface area contributed by atoms with Crippen molar-refractivity contribution >= 4 is 5.91 Å². The van der Waals surface area contributed by atoms with Crippen molar-refractivity contribution in [2.45, 2.75) is 51.4 Å². The molecule has 0 bridgehead atoms. The number of amides is 1. The number of nitrogens with one attached hydrogen (secondary N) is 1. The number of hydrogen-bond acceptors (Lipinski definition) is 4. The van der Waals surface area contributed by atoms with Crippen molar-refractivity contribution in [2.75, 3.05) is 19.8 Å². The van der Waals surface area contributed by atoms with Gasteiger partial charge in [0.25, 0.3) is 0 Å². The Morgan fingerprint density at radius 2 is 2.00 bits per heavy atom. The lowest BCUT2D eigenvalue weighted by Gasteiger charge is -2.60. The van der Waals surface area contributed by atoms with Crippen molar-refractivity contribution < 1.29 is 14.3 Å². The molecule has 0 aromatic rings. The second-order valence-electron chi connectivity index (χ2n) is 7.11. The highest BCUT2D eigenvalue weighted by Crippen LogP contribution is 2.58. The molecule has 5 nitrogen and oxygen atoms in total. The highest BCUT2D eigenvalue weighted by atomic mass is 16.5. The third-order valence-corrected chi connectivity index (χ3v) is 5.89. The fraction of sp³-hybridized carbons (Fsp3) is 0.933. The molecular weight excluding hydrogens is 256 g/mol. The van der Waals surface area contributed by atoms with Gasteiger partial charge in [-0.1, -0.05) is 13.8 Å². The van der Waals surface area contributed by atoms with E-state index >= 15 is 0 Å². The zero-order valence-electron chi connectivity index (χ0n) is 12.6. The van der Waals surface area contributed by atoms with E-state index in [1.54, 1.807) is 0 Å². The molecular formula is C15H26N2O3. The van der Waals surface area contributed by atoms with E-state index in [0.717, 1.165) is 26.1 Å². The van der Waals surface area contributed by atoms with Crippen molar-refractivity contribution in [3.05, 3.63) is 0 Å².